The Bertz CT molecular complexity index is 510. The highest BCUT2D eigenvalue weighted by Crippen LogP contribution is 2.56. The lowest BCUT2D eigenvalue weighted by molar-refractivity contribution is -0.0567. The standard InChI is InChI=1S/C12H11BrF3NO/c1-5-2-6(13)3-8(10(5)14)12(11(15)16)7-4-9(7)18-17-12/h2-3,7,9,11,17H,4H2,1H3/t7-,9?,12-/m0/s1. The predicted octanol–water partition coefficient (Wildman–Crippen LogP) is 3.28. The minimum atomic E-state index is -2.72. The number of hydrogen-bond acceptors (Lipinski definition) is 2. The van der Waals surface area contributed by atoms with E-state index in [0.717, 1.165) is 0 Å². The fourth-order valence-electron chi connectivity index (χ4n) is 2.64. The number of hydroxylamine groups is 1. The number of alkyl halides is 2. The highest BCUT2D eigenvalue weighted by molar-refractivity contribution is 9.10. The quantitative estimate of drug-likeness (QED) is 0.902. The van der Waals surface area contributed by atoms with Gasteiger partial charge in [0, 0.05) is 16.0 Å². The summed E-state index contributed by atoms with van der Waals surface area (Å²) < 4.78 is 41.7. The van der Waals surface area contributed by atoms with Crippen LogP contribution in [0.25, 0.3) is 0 Å². The van der Waals surface area contributed by atoms with Crippen molar-refractivity contribution in [2.45, 2.75) is 31.4 Å². The molecule has 1 heterocycles. The Labute approximate surface area is 111 Å². The molecule has 3 atom stereocenters. The molecule has 0 amide bonds. The van der Waals surface area contributed by atoms with Gasteiger partial charge < -0.3 is 0 Å². The average molecular weight is 322 g/mol. The van der Waals surface area contributed by atoms with Crippen LogP contribution in [0.2, 0.25) is 0 Å². The van der Waals surface area contributed by atoms with E-state index in [1.54, 1.807) is 13.0 Å². The van der Waals surface area contributed by atoms with Gasteiger partial charge in [-0.25, -0.2) is 13.2 Å². The first-order valence-electron chi connectivity index (χ1n) is 5.64. The maximum Gasteiger partial charge on any atom is 0.263 e. The molecule has 2 fully saturated rings. The van der Waals surface area contributed by atoms with Crippen LogP contribution in [-0.2, 0) is 10.4 Å². The van der Waals surface area contributed by atoms with Crippen LogP contribution in [0.3, 0.4) is 0 Å². The molecule has 6 heteroatoms. The number of rotatable bonds is 2. The lowest BCUT2D eigenvalue weighted by Gasteiger charge is -2.30. The summed E-state index contributed by atoms with van der Waals surface area (Å²) in [5, 5.41) is 0. The molecule has 3 rings (SSSR count). The third-order valence-corrected chi connectivity index (χ3v) is 4.16. The SMILES string of the molecule is Cc1cc(Br)cc([C@@]2(C(F)F)NOC3C[C@@H]32)c1F. The number of benzene rings is 1. The van der Waals surface area contributed by atoms with Crippen LogP contribution < -0.4 is 5.48 Å². The van der Waals surface area contributed by atoms with E-state index >= 15 is 0 Å². The molecule has 0 bridgehead atoms. The van der Waals surface area contributed by atoms with E-state index in [0.29, 0.717) is 16.5 Å². The number of nitrogens with one attached hydrogen (secondary N) is 1. The predicted molar refractivity (Wildman–Crippen MR) is 62.6 cm³/mol. The van der Waals surface area contributed by atoms with Crippen molar-refractivity contribution < 1.29 is 18.0 Å². The van der Waals surface area contributed by atoms with Gasteiger partial charge in [-0.05, 0) is 31.0 Å². The molecule has 0 aromatic heterocycles. The Hall–Kier alpha value is -0.590. The summed E-state index contributed by atoms with van der Waals surface area (Å²) in [6.07, 6.45) is -2.40. The number of fused-ring (bicyclic) bond motifs is 1. The van der Waals surface area contributed by atoms with Gasteiger partial charge in [0.1, 0.15) is 11.4 Å². The molecule has 2 nitrogen and oxygen atoms in total. The molecule has 1 aromatic carbocycles. The van der Waals surface area contributed by atoms with E-state index in [4.69, 9.17) is 4.84 Å². The van der Waals surface area contributed by atoms with Crippen molar-refractivity contribution in [3.05, 3.63) is 33.5 Å². The summed E-state index contributed by atoms with van der Waals surface area (Å²) in [5.74, 6) is -0.956. The lowest BCUT2D eigenvalue weighted by Crippen LogP contribution is -2.47. The summed E-state index contributed by atoms with van der Waals surface area (Å²) in [6, 6.07) is 2.98. The molecule has 1 aromatic rings. The first kappa shape index (κ1) is 12.4. The Morgan fingerprint density at radius 1 is 1.50 bits per heavy atom. The maximum atomic E-state index is 14.2. The molecule has 1 aliphatic carbocycles. The summed E-state index contributed by atoms with van der Waals surface area (Å²) in [4.78, 5) is 5.08. The molecule has 1 unspecified atom stereocenters. The van der Waals surface area contributed by atoms with Gasteiger partial charge in [0.2, 0.25) is 0 Å². The molecule has 1 aliphatic heterocycles. The molecule has 1 saturated heterocycles. The summed E-state index contributed by atoms with van der Waals surface area (Å²) in [5.41, 5.74) is 0.970. The van der Waals surface area contributed by atoms with Gasteiger partial charge in [-0.3, -0.25) is 4.84 Å². The Balaban J connectivity index is 2.17. The molecule has 0 spiro atoms. The van der Waals surface area contributed by atoms with E-state index in [1.807, 2.05) is 0 Å². The zero-order valence-corrected chi connectivity index (χ0v) is 11.1. The zero-order chi connectivity index (χ0) is 13.1. The molecule has 18 heavy (non-hydrogen) atoms. The van der Waals surface area contributed by atoms with Crippen LogP contribution in [-0.4, -0.2) is 12.5 Å². The molecule has 98 valence electrons. The smallest absolute Gasteiger partial charge is 0.263 e. The van der Waals surface area contributed by atoms with Crippen molar-refractivity contribution in [1.82, 2.24) is 5.48 Å². The van der Waals surface area contributed by atoms with Gasteiger partial charge in [-0.15, -0.1) is 0 Å². The Kier molecular flexibility index (Phi) is 2.73. The highest BCUT2D eigenvalue weighted by atomic mass is 79.9. The van der Waals surface area contributed by atoms with Crippen LogP contribution >= 0.6 is 15.9 Å². The second-order valence-corrected chi connectivity index (χ2v) is 5.77. The summed E-state index contributed by atoms with van der Waals surface area (Å²) in [7, 11) is 0. The third kappa shape index (κ3) is 1.55. The Morgan fingerprint density at radius 2 is 2.22 bits per heavy atom. The maximum absolute atomic E-state index is 14.2. The molecule has 1 saturated carbocycles. The van der Waals surface area contributed by atoms with Crippen molar-refractivity contribution >= 4 is 15.9 Å². The van der Waals surface area contributed by atoms with Gasteiger partial charge in [0.15, 0.2) is 0 Å². The Morgan fingerprint density at radius 3 is 2.72 bits per heavy atom. The fourth-order valence-corrected chi connectivity index (χ4v) is 3.21. The lowest BCUT2D eigenvalue weighted by atomic mass is 9.85. The average Bonchev–Trinajstić information content (AvgIpc) is 2.98. The van der Waals surface area contributed by atoms with Crippen LogP contribution in [0.15, 0.2) is 16.6 Å². The summed E-state index contributed by atoms with van der Waals surface area (Å²) in [6.45, 7) is 1.56. The molecule has 1 N–H and O–H groups in total. The minimum absolute atomic E-state index is 0.0191. The van der Waals surface area contributed by atoms with E-state index in [-0.39, 0.29) is 17.6 Å². The van der Waals surface area contributed by atoms with Crippen molar-refractivity contribution in [2.75, 3.05) is 0 Å². The zero-order valence-electron chi connectivity index (χ0n) is 9.51. The van der Waals surface area contributed by atoms with E-state index < -0.39 is 17.8 Å². The third-order valence-electron chi connectivity index (χ3n) is 3.71. The molecule has 0 radical (unpaired) electrons. The van der Waals surface area contributed by atoms with Gasteiger partial charge in [0.25, 0.3) is 6.43 Å². The van der Waals surface area contributed by atoms with Crippen LogP contribution in [0, 0.1) is 18.7 Å². The molecule has 2 aliphatic rings. The fraction of sp³-hybridized carbons (Fsp3) is 0.500. The van der Waals surface area contributed by atoms with Crippen molar-refractivity contribution in [3.8, 4) is 0 Å². The first-order chi connectivity index (χ1) is 8.46. The van der Waals surface area contributed by atoms with Gasteiger partial charge in [-0.1, -0.05) is 15.9 Å². The molecular weight excluding hydrogens is 311 g/mol. The van der Waals surface area contributed by atoms with E-state index in [2.05, 4.69) is 21.4 Å². The largest absolute Gasteiger partial charge is 0.297 e. The van der Waals surface area contributed by atoms with E-state index in [9.17, 15) is 13.2 Å². The van der Waals surface area contributed by atoms with Crippen LogP contribution in [0.4, 0.5) is 13.2 Å². The molecular formula is C12H11BrF3NO. The normalized spacial score (nSPS) is 33.9. The summed E-state index contributed by atoms with van der Waals surface area (Å²) >= 11 is 3.22. The first-order valence-corrected chi connectivity index (χ1v) is 6.43. The van der Waals surface area contributed by atoms with Gasteiger partial charge in [0.05, 0.1) is 6.10 Å². The van der Waals surface area contributed by atoms with Crippen molar-refractivity contribution in [1.29, 1.82) is 0 Å². The van der Waals surface area contributed by atoms with Gasteiger partial charge in [-0.2, -0.15) is 5.48 Å². The minimum Gasteiger partial charge on any atom is -0.297 e. The highest BCUT2D eigenvalue weighted by Gasteiger charge is 2.66. The monoisotopic (exact) mass is 321 g/mol. The van der Waals surface area contributed by atoms with Gasteiger partial charge >= 0.3 is 0 Å². The number of aryl methyl sites for hydroxylation is 1. The van der Waals surface area contributed by atoms with E-state index in [1.165, 1.54) is 6.07 Å². The number of hydrogen-bond donors (Lipinski definition) is 1. The topological polar surface area (TPSA) is 21.3 Å². The second-order valence-electron chi connectivity index (χ2n) is 4.85. The second kappa shape index (κ2) is 3.95. The number of halogens is 4. The van der Waals surface area contributed by atoms with Crippen molar-refractivity contribution in [3.63, 3.8) is 0 Å². The van der Waals surface area contributed by atoms with Crippen LogP contribution in [0.1, 0.15) is 17.5 Å². The van der Waals surface area contributed by atoms with Crippen molar-refractivity contribution in [2.24, 2.45) is 5.92 Å². The van der Waals surface area contributed by atoms with Crippen LogP contribution in [0.5, 0.6) is 0 Å².